The lowest BCUT2D eigenvalue weighted by atomic mass is 9.83. The smallest absolute Gasteiger partial charge is 0.378 e. The summed E-state index contributed by atoms with van der Waals surface area (Å²) >= 11 is 2.07. The van der Waals surface area contributed by atoms with Crippen molar-refractivity contribution in [2.24, 2.45) is 5.92 Å². The number of H-pyrrole nitrogens is 1. The van der Waals surface area contributed by atoms with Crippen molar-refractivity contribution in [3.8, 4) is 0 Å². The van der Waals surface area contributed by atoms with Crippen LogP contribution < -0.4 is 14.7 Å². The highest BCUT2D eigenvalue weighted by molar-refractivity contribution is 8.00. The Hall–Kier alpha value is -3.05. The Bertz CT molecular complexity index is 1350. The molecule has 1 fully saturated rings. The zero-order chi connectivity index (χ0) is 24.4. The van der Waals surface area contributed by atoms with Crippen LogP contribution in [-0.2, 0) is 15.8 Å². The van der Waals surface area contributed by atoms with Gasteiger partial charge in [-0.1, -0.05) is 41.3 Å². The Balaban J connectivity index is 1.60. The van der Waals surface area contributed by atoms with E-state index in [1.165, 1.54) is 12.1 Å². The average Bonchev–Trinajstić information content (AvgIpc) is 3.28. The minimum Gasteiger partial charge on any atom is -0.378 e. The lowest BCUT2D eigenvalue weighted by molar-refractivity contribution is -0.137. The van der Waals surface area contributed by atoms with Gasteiger partial charge < -0.3 is 9.88 Å². The lowest BCUT2D eigenvalue weighted by Gasteiger charge is -2.30. The summed E-state index contributed by atoms with van der Waals surface area (Å²) in [5, 5.41) is -0.344. The molecule has 1 saturated heterocycles. The molecule has 2 aromatic carbocycles. The van der Waals surface area contributed by atoms with Gasteiger partial charge in [-0.3, -0.25) is 14.4 Å². The number of fused-ring (bicyclic) bond motifs is 2. The molecule has 5 rings (SSSR count). The second-order valence-electron chi connectivity index (χ2n) is 8.30. The number of aromatic nitrogens is 1. The molecule has 2 aliphatic heterocycles. The van der Waals surface area contributed by atoms with Gasteiger partial charge in [0.15, 0.2) is 0 Å². The number of hydrogen-bond acceptors (Lipinski definition) is 6. The van der Waals surface area contributed by atoms with Gasteiger partial charge in [-0.15, -0.1) is 0 Å². The number of nitrogens with zero attached hydrogens (tertiary/aromatic N) is 2. The van der Waals surface area contributed by atoms with Gasteiger partial charge in [0.2, 0.25) is 11.8 Å². The number of halogens is 3. The molecule has 3 atom stereocenters. The van der Waals surface area contributed by atoms with Crippen LogP contribution in [0.25, 0.3) is 0 Å². The first kappa shape index (κ1) is 22.7. The number of anilines is 2. The number of alkyl halides is 3. The Labute approximate surface area is 200 Å². The predicted molar refractivity (Wildman–Crippen MR) is 125 cm³/mol. The number of aromatic amines is 1. The zero-order valence-corrected chi connectivity index (χ0v) is 19.6. The van der Waals surface area contributed by atoms with Crippen molar-refractivity contribution in [3.63, 3.8) is 0 Å². The zero-order valence-electron chi connectivity index (χ0n) is 17.9. The van der Waals surface area contributed by atoms with E-state index in [2.05, 4.69) is 4.98 Å². The standard InChI is InChI=1S/C23H18F3N3O3S2/c1-28(2)13-8-6-11(7-9-13)15-16-18(33-19-17(15)34-22(32)27-19)21(31)29(20(16)30)14-5-3-4-12(10-14)23(24,25)26/h3-10,15-16,18H,1-2H3,(H,27,32)/t15-,16?,18?/m1/s1. The molecule has 0 saturated carbocycles. The molecule has 2 aliphatic rings. The molecule has 3 heterocycles. The molecule has 2 unspecified atom stereocenters. The second-order valence-corrected chi connectivity index (χ2v) is 10.5. The van der Waals surface area contributed by atoms with Gasteiger partial charge in [-0.25, -0.2) is 4.90 Å². The summed E-state index contributed by atoms with van der Waals surface area (Å²) < 4.78 is 39.8. The third-order valence-corrected chi connectivity index (χ3v) is 8.43. The summed E-state index contributed by atoms with van der Waals surface area (Å²) in [5.74, 6) is -2.59. The molecule has 0 spiro atoms. The lowest BCUT2D eigenvalue weighted by Crippen LogP contribution is -2.32. The quantitative estimate of drug-likeness (QED) is 0.537. The van der Waals surface area contributed by atoms with Crippen molar-refractivity contribution < 1.29 is 22.8 Å². The summed E-state index contributed by atoms with van der Waals surface area (Å²) in [6.07, 6.45) is -4.61. The maximum atomic E-state index is 13.6. The first-order valence-electron chi connectivity index (χ1n) is 10.3. The average molecular weight is 506 g/mol. The topological polar surface area (TPSA) is 73.5 Å². The summed E-state index contributed by atoms with van der Waals surface area (Å²) in [7, 11) is 3.79. The number of nitrogens with one attached hydrogen (secondary N) is 1. The van der Waals surface area contributed by atoms with Crippen LogP contribution in [0, 0.1) is 5.92 Å². The number of benzene rings is 2. The van der Waals surface area contributed by atoms with E-state index in [4.69, 9.17) is 0 Å². The SMILES string of the molecule is CN(C)c1ccc([C@H]2c3sc(=O)[nH]c3SC3C(=O)N(c4cccc(C(F)(F)F)c4)C(=O)C32)cc1. The molecule has 176 valence electrons. The van der Waals surface area contributed by atoms with Crippen molar-refractivity contribution in [1.82, 2.24) is 4.98 Å². The molecule has 0 bridgehead atoms. The van der Waals surface area contributed by atoms with Crippen molar-refractivity contribution in [3.05, 3.63) is 74.2 Å². The number of thiazole rings is 1. The Morgan fingerprint density at radius 3 is 2.35 bits per heavy atom. The fourth-order valence-corrected chi connectivity index (χ4v) is 6.95. The summed E-state index contributed by atoms with van der Waals surface area (Å²) in [5.41, 5.74) is 0.641. The molecule has 1 aromatic heterocycles. The number of carbonyl (C=O) groups excluding carboxylic acids is 2. The van der Waals surface area contributed by atoms with Gasteiger partial charge in [0.25, 0.3) is 0 Å². The Morgan fingerprint density at radius 1 is 1.00 bits per heavy atom. The first-order valence-corrected chi connectivity index (χ1v) is 12.0. The van der Waals surface area contributed by atoms with E-state index in [-0.39, 0.29) is 10.6 Å². The van der Waals surface area contributed by atoms with Gasteiger partial charge in [-0.05, 0) is 35.9 Å². The van der Waals surface area contributed by atoms with Crippen molar-refractivity contribution >= 4 is 46.3 Å². The maximum absolute atomic E-state index is 13.6. The van der Waals surface area contributed by atoms with Crippen LogP contribution in [0.1, 0.15) is 21.9 Å². The molecule has 2 amide bonds. The number of rotatable bonds is 3. The third-order valence-electron chi connectivity index (χ3n) is 6.02. The van der Waals surface area contributed by atoms with Crippen LogP contribution >= 0.6 is 23.1 Å². The van der Waals surface area contributed by atoms with Crippen LogP contribution in [-0.4, -0.2) is 36.1 Å². The van der Waals surface area contributed by atoms with E-state index >= 15 is 0 Å². The van der Waals surface area contributed by atoms with Gasteiger partial charge in [0.05, 0.1) is 22.2 Å². The molecular weight excluding hydrogens is 487 g/mol. The highest BCUT2D eigenvalue weighted by Gasteiger charge is 2.56. The van der Waals surface area contributed by atoms with Crippen LogP contribution in [0.15, 0.2) is 58.4 Å². The summed E-state index contributed by atoms with van der Waals surface area (Å²) in [6.45, 7) is 0. The number of amides is 2. The van der Waals surface area contributed by atoms with E-state index in [1.54, 1.807) is 0 Å². The monoisotopic (exact) mass is 505 g/mol. The number of thioether (sulfide) groups is 1. The molecular formula is C23H18F3N3O3S2. The number of imide groups is 1. The van der Waals surface area contributed by atoms with Gasteiger partial charge in [0.1, 0.15) is 5.25 Å². The Kier molecular flexibility index (Phi) is 5.36. The third kappa shape index (κ3) is 3.63. The van der Waals surface area contributed by atoms with Crippen LogP contribution in [0.5, 0.6) is 0 Å². The molecule has 34 heavy (non-hydrogen) atoms. The minimum atomic E-state index is -4.61. The van der Waals surface area contributed by atoms with Crippen molar-refractivity contribution in [2.45, 2.75) is 22.4 Å². The van der Waals surface area contributed by atoms with Gasteiger partial charge in [-0.2, -0.15) is 13.2 Å². The molecule has 11 heteroatoms. The normalized spacial score (nSPS) is 22.0. The molecule has 0 aliphatic carbocycles. The first-order chi connectivity index (χ1) is 16.1. The van der Waals surface area contributed by atoms with Crippen LogP contribution in [0.4, 0.5) is 24.5 Å². The largest absolute Gasteiger partial charge is 0.416 e. The minimum absolute atomic E-state index is 0.113. The van der Waals surface area contributed by atoms with E-state index in [0.29, 0.717) is 9.90 Å². The van der Waals surface area contributed by atoms with Gasteiger partial charge >= 0.3 is 11.0 Å². The summed E-state index contributed by atoms with van der Waals surface area (Å²) in [6, 6.07) is 11.7. The molecule has 0 radical (unpaired) electrons. The number of carbonyl (C=O) groups is 2. The maximum Gasteiger partial charge on any atom is 0.416 e. The molecule has 3 aromatic rings. The van der Waals surface area contributed by atoms with E-state index in [1.807, 2.05) is 43.3 Å². The molecule has 6 nitrogen and oxygen atoms in total. The fraction of sp³-hybridized carbons (Fsp3) is 0.261. The second kappa shape index (κ2) is 8.02. The highest BCUT2D eigenvalue weighted by Crippen LogP contribution is 2.53. The number of hydrogen-bond donors (Lipinski definition) is 1. The Morgan fingerprint density at radius 2 is 1.71 bits per heavy atom. The predicted octanol–water partition coefficient (Wildman–Crippen LogP) is 4.32. The van der Waals surface area contributed by atoms with Crippen molar-refractivity contribution in [2.75, 3.05) is 23.9 Å². The fourth-order valence-electron chi connectivity index (χ4n) is 4.43. The molecule has 1 N–H and O–H groups in total. The van der Waals surface area contributed by atoms with Crippen LogP contribution in [0.3, 0.4) is 0 Å². The van der Waals surface area contributed by atoms with E-state index in [0.717, 1.165) is 51.4 Å². The van der Waals surface area contributed by atoms with E-state index in [9.17, 15) is 27.6 Å². The van der Waals surface area contributed by atoms with E-state index < -0.39 is 40.6 Å². The van der Waals surface area contributed by atoms with Gasteiger partial charge in [0, 0.05) is 30.6 Å². The highest BCUT2D eigenvalue weighted by atomic mass is 32.2. The summed E-state index contributed by atoms with van der Waals surface area (Å²) in [4.78, 5) is 45.0. The van der Waals surface area contributed by atoms with Crippen molar-refractivity contribution in [1.29, 1.82) is 0 Å². The van der Waals surface area contributed by atoms with Crippen LogP contribution in [0.2, 0.25) is 0 Å².